The predicted molar refractivity (Wildman–Crippen MR) is 54.4 cm³/mol. The largest absolute Gasteiger partial charge is 2.00 e. The van der Waals surface area contributed by atoms with E-state index in [4.69, 9.17) is 18.0 Å². The molecule has 0 bridgehead atoms. The smallest absolute Gasteiger partial charge is 1.00 e. The first-order valence-corrected chi connectivity index (χ1v) is 3.82. The second-order valence-corrected chi connectivity index (χ2v) is 2.70. The van der Waals surface area contributed by atoms with Crippen LogP contribution < -0.4 is 17.0 Å². The summed E-state index contributed by atoms with van der Waals surface area (Å²) in [5.41, 5.74) is -0.931. The van der Waals surface area contributed by atoms with Gasteiger partial charge in [0, 0.05) is 0 Å². The van der Waals surface area contributed by atoms with Gasteiger partial charge >= 0.3 is 23.1 Å². The van der Waals surface area contributed by atoms with Crippen LogP contribution in [0.1, 0.15) is 0 Å². The number of hydrogen-bond donors (Lipinski definition) is 1. The standard InChI is InChI=1S/C5H6O2.C3H4O2.C2H.BrH.Mg/c1-2-5(6)3-7-4-5;4-3-1-5-2-3;1-2;;/h1,6H,3-4H2;1-2H2;1H;1H;/q;;-1;;+2/p-1. The van der Waals surface area contributed by atoms with E-state index in [1.165, 1.54) is 0 Å². The molecule has 2 saturated heterocycles. The van der Waals surface area contributed by atoms with Gasteiger partial charge in [-0.25, -0.2) is 0 Å². The van der Waals surface area contributed by atoms with Crippen molar-refractivity contribution in [3.63, 3.8) is 0 Å². The zero-order valence-corrected chi connectivity index (χ0v) is 11.7. The van der Waals surface area contributed by atoms with Gasteiger partial charge in [0.25, 0.3) is 0 Å². The van der Waals surface area contributed by atoms with Gasteiger partial charge in [0.05, 0.1) is 13.2 Å². The molecule has 84 valence electrons. The Hall–Kier alpha value is -0.0838. The van der Waals surface area contributed by atoms with E-state index < -0.39 is 5.60 Å². The zero-order valence-electron chi connectivity index (χ0n) is 8.74. The molecule has 0 aromatic rings. The molecular formula is C10H11BrMgO4. The summed E-state index contributed by atoms with van der Waals surface area (Å²) in [5.74, 6) is 2.42. The number of hydrogen-bond acceptors (Lipinski definition) is 4. The Morgan fingerprint density at radius 3 is 1.69 bits per heavy atom. The molecule has 0 radical (unpaired) electrons. The van der Waals surface area contributed by atoms with Gasteiger partial charge in [-0.2, -0.15) is 0 Å². The van der Waals surface area contributed by atoms with Gasteiger partial charge in [0.1, 0.15) is 13.2 Å². The molecule has 4 nitrogen and oxygen atoms in total. The van der Waals surface area contributed by atoms with Crippen molar-refractivity contribution in [3.05, 3.63) is 6.42 Å². The van der Waals surface area contributed by atoms with E-state index in [2.05, 4.69) is 21.8 Å². The number of terminal acetylenes is 2. The Morgan fingerprint density at radius 1 is 1.31 bits per heavy atom. The van der Waals surface area contributed by atoms with Crippen molar-refractivity contribution in [1.82, 2.24) is 0 Å². The van der Waals surface area contributed by atoms with Crippen LogP contribution in [0.2, 0.25) is 0 Å². The number of carbonyl (C=O) groups is 1. The first kappa shape index (κ1) is 21.2. The molecule has 2 aliphatic heterocycles. The van der Waals surface area contributed by atoms with E-state index in [9.17, 15) is 4.79 Å². The number of ketones is 1. The summed E-state index contributed by atoms with van der Waals surface area (Å²) in [6.07, 6.45) is 13.9. The molecule has 0 saturated carbocycles. The van der Waals surface area contributed by atoms with Crippen molar-refractivity contribution in [2.45, 2.75) is 5.60 Å². The first-order chi connectivity index (χ1) is 6.66. The predicted octanol–water partition coefficient (Wildman–Crippen LogP) is -4.20. The topological polar surface area (TPSA) is 55.8 Å². The van der Waals surface area contributed by atoms with E-state index in [0.717, 1.165) is 0 Å². The van der Waals surface area contributed by atoms with E-state index in [-0.39, 0.29) is 45.8 Å². The van der Waals surface area contributed by atoms with Gasteiger partial charge in [-0.3, -0.25) is 4.79 Å². The quantitative estimate of drug-likeness (QED) is 0.280. The minimum absolute atomic E-state index is 0. The van der Waals surface area contributed by atoms with Crippen LogP contribution in [-0.4, -0.2) is 66.0 Å². The molecule has 0 aromatic heterocycles. The molecule has 0 spiro atoms. The van der Waals surface area contributed by atoms with Gasteiger partial charge < -0.3 is 44.4 Å². The molecule has 16 heavy (non-hydrogen) atoms. The summed E-state index contributed by atoms with van der Waals surface area (Å²) in [7, 11) is 0. The summed E-state index contributed by atoms with van der Waals surface area (Å²) in [6.45, 7) is 1.28. The van der Waals surface area contributed by atoms with Crippen LogP contribution in [-0.2, 0) is 14.3 Å². The Morgan fingerprint density at radius 2 is 1.69 bits per heavy atom. The Kier molecular flexibility index (Phi) is 15.1. The molecular weight excluding hydrogens is 288 g/mol. The summed E-state index contributed by atoms with van der Waals surface area (Å²) in [6, 6.07) is 0. The van der Waals surface area contributed by atoms with Gasteiger partial charge in [-0.05, 0) is 0 Å². The normalized spacial score (nSPS) is 18.0. The monoisotopic (exact) mass is 298 g/mol. The number of halogens is 1. The van der Waals surface area contributed by atoms with E-state index in [1.807, 2.05) is 0 Å². The maximum Gasteiger partial charge on any atom is 2.00 e. The number of aliphatic hydroxyl groups is 1. The van der Waals surface area contributed by atoms with E-state index in [1.54, 1.807) is 0 Å². The second kappa shape index (κ2) is 11.4. The Labute approximate surface area is 122 Å². The van der Waals surface area contributed by atoms with Crippen LogP contribution in [0.5, 0.6) is 0 Å². The average Bonchev–Trinajstić information content (AvgIpc) is 2.15. The van der Waals surface area contributed by atoms with Gasteiger partial charge in [-0.1, -0.05) is 5.92 Å². The van der Waals surface area contributed by atoms with Gasteiger partial charge in [0.2, 0.25) is 0 Å². The first-order valence-electron chi connectivity index (χ1n) is 3.82. The molecule has 1 N–H and O–H groups in total. The maximum atomic E-state index is 9.77. The third-order valence-corrected chi connectivity index (χ3v) is 1.48. The summed E-state index contributed by atoms with van der Waals surface area (Å²) >= 11 is 0. The molecule has 0 unspecified atom stereocenters. The number of rotatable bonds is 0. The van der Waals surface area contributed by atoms with E-state index in [0.29, 0.717) is 26.4 Å². The fraction of sp³-hybridized carbons (Fsp3) is 0.500. The molecule has 2 aliphatic rings. The number of carbonyl (C=O) groups excluding carboxylic acids is 1. The molecule has 0 aliphatic carbocycles. The third-order valence-electron chi connectivity index (χ3n) is 1.48. The minimum Gasteiger partial charge on any atom is -1.00 e. The number of Topliss-reactive ketones (excluding diaryl/α,β-unsaturated/α-hetero) is 1. The van der Waals surface area contributed by atoms with Crippen molar-refractivity contribution in [1.29, 1.82) is 0 Å². The van der Waals surface area contributed by atoms with Crippen LogP contribution in [0.3, 0.4) is 0 Å². The Bertz CT molecular complexity index is 249. The van der Waals surface area contributed by atoms with Crippen molar-refractivity contribution < 1.29 is 36.4 Å². The Balaban J connectivity index is -0.000000169. The van der Waals surface area contributed by atoms with E-state index >= 15 is 0 Å². The second-order valence-electron chi connectivity index (χ2n) is 2.70. The average molecular weight is 299 g/mol. The van der Waals surface area contributed by atoms with Crippen LogP contribution in [0.15, 0.2) is 0 Å². The fourth-order valence-corrected chi connectivity index (χ4v) is 0.564. The van der Waals surface area contributed by atoms with Crippen LogP contribution in [0.25, 0.3) is 0 Å². The van der Waals surface area contributed by atoms with Crippen molar-refractivity contribution in [2.24, 2.45) is 0 Å². The molecule has 2 rings (SSSR count). The van der Waals surface area contributed by atoms with Crippen molar-refractivity contribution in [3.8, 4) is 18.8 Å². The molecule has 0 atom stereocenters. The van der Waals surface area contributed by atoms with Crippen molar-refractivity contribution >= 4 is 28.8 Å². The van der Waals surface area contributed by atoms with Crippen LogP contribution >= 0.6 is 0 Å². The minimum atomic E-state index is -0.931. The maximum absolute atomic E-state index is 9.77. The van der Waals surface area contributed by atoms with Gasteiger partial charge in [-0.15, -0.1) is 6.42 Å². The number of ether oxygens (including phenoxy) is 2. The van der Waals surface area contributed by atoms with Crippen molar-refractivity contribution in [2.75, 3.05) is 26.4 Å². The summed E-state index contributed by atoms with van der Waals surface area (Å²) in [4.78, 5) is 9.77. The summed E-state index contributed by atoms with van der Waals surface area (Å²) in [5, 5.41) is 8.86. The van der Waals surface area contributed by atoms with Crippen LogP contribution in [0, 0.1) is 25.2 Å². The fourth-order valence-electron chi connectivity index (χ4n) is 0.564. The SMILES string of the molecule is C#CC1(O)COC1.O=C1COC1.[Br-].[C-]#C.[Mg+2]. The van der Waals surface area contributed by atoms with Gasteiger partial charge in [0.15, 0.2) is 11.4 Å². The molecule has 0 aromatic carbocycles. The molecule has 6 heteroatoms. The third kappa shape index (κ3) is 8.11. The molecule has 2 heterocycles. The van der Waals surface area contributed by atoms with Crippen LogP contribution in [0.4, 0.5) is 0 Å². The molecule has 2 fully saturated rings. The zero-order chi connectivity index (χ0) is 11.0. The summed E-state index contributed by atoms with van der Waals surface area (Å²) < 4.78 is 9.12. The molecule has 0 amide bonds.